The average molecular weight is 582 g/mol. The summed E-state index contributed by atoms with van der Waals surface area (Å²) in [5.41, 5.74) is 4.75. The van der Waals surface area contributed by atoms with Crippen molar-refractivity contribution in [1.82, 2.24) is 20.5 Å². The number of likely N-dealkylation sites (N-methyl/N-ethyl adjacent to an activating group) is 1. The highest BCUT2D eigenvalue weighted by atomic mass is 16.2. The number of pyridine rings is 1. The van der Waals surface area contributed by atoms with Gasteiger partial charge in [-0.2, -0.15) is 0 Å². The van der Waals surface area contributed by atoms with Gasteiger partial charge in [0.05, 0.1) is 5.57 Å². The van der Waals surface area contributed by atoms with Crippen molar-refractivity contribution in [2.24, 2.45) is 34.4 Å². The normalized spacial score (nSPS) is 25.1. The molecular weight excluding hydrogens is 542 g/mol. The van der Waals surface area contributed by atoms with Gasteiger partial charge in [0.2, 0.25) is 17.6 Å². The van der Waals surface area contributed by atoms with E-state index < -0.39 is 35.1 Å². The zero-order valence-corrected chi connectivity index (χ0v) is 23.9. The Morgan fingerprint density at radius 3 is 2.33 bits per heavy atom. The first-order valence-corrected chi connectivity index (χ1v) is 14.3. The Morgan fingerprint density at radius 1 is 1.07 bits per heavy atom. The minimum atomic E-state index is -1.29. The number of ketones is 1. The molecule has 4 fully saturated rings. The highest BCUT2D eigenvalue weighted by Gasteiger charge is 2.48. The molecule has 226 valence electrons. The molecule has 4 aliphatic rings. The van der Waals surface area contributed by atoms with Gasteiger partial charge in [0.1, 0.15) is 18.3 Å². The van der Waals surface area contributed by atoms with Crippen LogP contribution in [0.3, 0.4) is 0 Å². The number of amides is 4. The number of Topliss-reactive ketones (excluding diaryl/α,β-unsaturated/α-hetero) is 1. The maximum atomic E-state index is 13.2. The van der Waals surface area contributed by atoms with Crippen molar-refractivity contribution in [1.29, 1.82) is 0 Å². The molecule has 1 aromatic heterocycles. The molecule has 0 spiro atoms. The summed E-state index contributed by atoms with van der Waals surface area (Å²) in [6, 6.07) is 1.76. The third-order valence-corrected chi connectivity index (χ3v) is 8.62. The van der Waals surface area contributed by atoms with Crippen molar-refractivity contribution < 1.29 is 24.0 Å². The summed E-state index contributed by atoms with van der Waals surface area (Å²) >= 11 is 0. The summed E-state index contributed by atoms with van der Waals surface area (Å²) in [7, 11) is 2.74. The van der Waals surface area contributed by atoms with Crippen LogP contribution in [-0.2, 0) is 30.5 Å². The minimum absolute atomic E-state index is 0.0276. The molecule has 1 atom stereocenters. The number of nitrogens with zero attached hydrogens (tertiary/aromatic N) is 2. The van der Waals surface area contributed by atoms with E-state index in [4.69, 9.17) is 5.73 Å². The van der Waals surface area contributed by atoms with E-state index in [-0.39, 0.29) is 42.6 Å². The second-order valence-electron chi connectivity index (χ2n) is 11.4. The number of hydrogen-bond donors (Lipinski definition) is 5. The van der Waals surface area contributed by atoms with Gasteiger partial charge in [0.15, 0.2) is 0 Å². The molecule has 4 saturated carbocycles. The summed E-state index contributed by atoms with van der Waals surface area (Å²) in [5, 5.41) is 10.4. The molecule has 5 rings (SSSR count). The molecule has 0 unspecified atom stereocenters. The topological polar surface area (TPSA) is 194 Å². The molecular formula is C29H39N7O6. The fourth-order valence-corrected chi connectivity index (χ4v) is 6.88. The number of nitrogens with two attached hydrogens (primary N) is 1. The van der Waals surface area contributed by atoms with Crippen molar-refractivity contribution in [2.75, 3.05) is 19.4 Å². The summed E-state index contributed by atoms with van der Waals surface area (Å²) in [6.45, 7) is -0.201. The Balaban J connectivity index is 1.43. The van der Waals surface area contributed by atoms with E-state index in [0.29, 0.717) is 11.8 Å². The number of aromatic nitrogens is 1. The number of rotatable bonds is 12. The number of nitrogens with one attached hydrogen (secondary N) is 4. The molecule has 6 N–H and O–H groups in total. The van der Waals surface area contributed by atoms with Crippen molar-refractivity contribution in [3.63, 3.8) is 0 Å². The second kappa shape index (κ2) is 13.6. The monoisotopic (exact) mass is 581 g/mol. The van der Waals surface area contributed by atoms with E-state index in [9.17, 15) is 28.8 Å². The van der Waals surface area contributed by atoms with Crippen molar-refractivity contribution in [2.45, 2.75) is 63.6 Å². The molecule has 0 saturated heterocycles. The molecule has 13 nitrogen and oxygen atoms in total. The first-order valence-electron chi connectivity index (χ1n) is 14.3. The Hall–Kier alpha value is -4.29. The Bertz CT molecular complexity index is 1320. The molecule has 0 aromatic carbocycles. The van der Waals surface area contributed by atoms with E-state index in [1.807, 2.05) is 0 Å². The van der Waals surface area contributed by atoms with Crippen LogP contribution in [0.5, 0.6) is 0 Å². The van der Waals surface area contributed by atoms with E-state index in [1.165, 1.54) is 49.6 Å². The molecule has 13 heteroatoms. The van der Waals surface area contributed by atoms with Gasteiger partial charge in [-0.25, -0.2) is 0 Å². The van der Waals surface area contributed by atoms with E-state index >= 15 is 0 Å². The summed E-state index contributed by atoms with van der Waals surface area (Å²) in [5.74, 6) is -0.849. The van der Waals surface area contributed by atoms with Gasteiger partial charge in [-0.05, 0) is 74.3 Å². The Kier molecular flexibility index (Phi) is 9.92. The smallest absolute Gasteiger partial charge is 0.287 e. The Morgan fingerprint density at radius 2 is 1.74 bits per heavy atom. The SMILES string of the molecule is CN=C/C(=C\N)C(=O)N[C@@H](CCC(=O)C(=O)NC)C(=O)Nc1cccn(CC(=O)NC2C3CC4CC(C3)CC2C4)c1=O. The predicted octanol–water partition coefficient (Wildman–Crippen LogP) is -0.149. The van der Waals surface area contributed by atoms with Crippen LogP contribution >= 0.6 is 0 Å². The summed E-state index contributed by atoms with van der Waals surface area (Å²) in [6.07, 6.45) is 9.04. The standard InChI is InChI=1S/C29H39N7O6/c1-31-14-20(13-30)26(39)33-21(5-6-23(37)28(41)32-2)27(40)34-22-4-3-7-36(29(22)42)15-24(38)35-25-18-9-16-8-17(11-18)12-19(25)10-16/h3-4,7,13-14,16-19,21,25H,5-6,8-12,15,30H2,1-2H3,(H,32,41)(H,33,39)(H,34,40)(H,35,38)/b20-13+,31-14?/t16?,17?,18?,19?,21-,25?/m0/s1. The van der Waals surface area contributed by atoms with E-state index in [2.05, 4.69) is 26.3 Å². The summed E-state index contributed by atoms with van der Waals surface area (Å²) < 4.78 is 1.22. The van der Waals surface area contributed by atoms with Crippen LogP contribution in [0.4, 0.5) is 5.69 Å². The van der Waals surface area contributed by atoms with Gasteiger partial charge in [-0.15, -0.1) is 0 Å². The lowest BCUT2D eigenvalue weighted by Gasteiger charge is -2.54. The van der Waals surface area contributed by atoms with Crippen LogP contribution in [0.1, 0.15) is 44.9 Å². The van der Waals surface area contributed by atoms with Crippen LogP contribution < -0.4 is 32.6 Å². The molecule has 0 aliphatic heterocycles. The zero-order valence-electron chi connectivity index (χ0n) is 23.9. The zero-order chi connectivity index (χ0) is 30.4. The van der Waals surface area contributed by atoms with Crippen molar-refractivity contribution in [3.05, 3.63) is 40.5 Å². The first-order chi connectivity index (χ1) is 20.1. The molecule has 42 heavy (non-hydrogen) atoms. The van der Waals surface area contributed by atoms with Crippen molar-refractivity contribution >= 4 is 41.3 Å². The van der Waals surface area contributed by atoms with Crippen LogP contribution in [0.2, 0.25) is 0 Å². The van der Waals surface area contributed by atoms with Gasteiger partial charge < -0.3 is 31.6 Å². The molecule has 4 amide bonds. The van der Waals surface area contributed by atoms with Crippen LogP contribution in [0.15, 0.2) is 39.9 Å². The third kappa shape index (κ3) is 7.12. The molecule has 4 aliphatic carbocycles. The summed E-state index contributed by atoms with van der Waals surface area (Å²) in [4.78, 5) is 79.5. The molecule has 0 radical (unpaired) electrons. The maximum absolute atomic E-state index is 13.2. The predicted molar refractivity (Wildman–Crippen MR) is 155 cm³/mol. The van der Waals surface area contributed by atoms with Gasteiger partial charge in [-0.1, -0.05) is 0 Å². The third-order valence-electron chi connectivity index (χ3n) is 8.62. The average Bonchev–Trinajstić information content (AvgIpc) is 2.96. The molecule has 4 bridgehead atoms. The minimum Gasteiger partial charge on any atom is -0.404 e. The number of hydrogen-bond acceptors (Lipinski definition) is 8. The van der Waals surface area contributed by atoms with Crippen molar-refractivity contribution in [3.8, 4) is 0 Å². The quantitative estimate of drug-likeness (QED) is 0.129. The number of anilines is 1. The van der Waals surface area contributed by atoms with Gasteiger partial charge >= 0.3 is 0 Å². The number of carbonyl (C=O) groups is 5. The van der Waals surface area contributed by atoms with Crippen LogP contribution in [0, 0.1) is 23.7 Å². The highest BCUT2D eigenvalue weighted by Crippen LogP contribution is 2.53. The lowest BCUT2D eigenvalue weighted by Crippen LogP contribution is -2.56. The Labute approximate surface area is 243 Å². The largest absolute Gasteiger partial charge is 0.404 e. The van der Waals surface area contributed by atoms with E-state index in [0.717, 1.165) is 43.7 Å². The fraction of sp³-hybridized carbons (Fsp3) is 0.552. The highest BCUT2D eigenvalue weighted by molar-refractivity contribution is 6.36. The molecule has 1 aromatic rings. The van der Waals surface area contributed by atoms with Gasteiger partial charge in [-0.3, -0.25) is 33.8 Å². The van der Waals surface area contributed by atoms with Crippen LogP contribution in [0.25, 0.3) is 0 Å². The number of carbonyl (C=O) groups excluding carboxylic acids is 5. The van der Waals surface area contributed by atoms with Gasteiger partial charge in [0.25, 0.3) is 17.4 Å². The fourth-order valence-electron chi connectivity index (χ4n) is 6.88. The van der Waals surface area contributed by atoms with Crippen LogP contribution in [-0.4, -0.2) is 66.4 Å². The lowest BCUT2D eigenvalue weighted by molar-refractivity contribution is -0.137. The second-order valence-corrected chi connectivity index (χ2v) is 11.4. The molecule has 1 heterocycles. The first kappa shape index (κ1) is 30.7. The van der Waals surface area contributed by atoms with E-state index in [1.54, 1.807) is 0 Å². The lowest BCUT2D eigenvalue weighted by atomic mass is 9.54. The number of aliphatic imine (C=N–C) groups is 1. The van der Waals surface area contributed by atoms with Gasteiger partial charge in [0, 0.05) is 45.2 Å². The maximum Gasteiger partial charge on any atom is 0.287 e.